The molecule has 0 bridgehead atoms. The van der Waals surface area contributed by atoms with Crippen LogP contribution in [-0.4, -0.2) is 160 Å². The molecule has 0 fully saturated rings. The number of nitrogens with one attached hydrogen (secondary N) is 9. The van der Waals surface area contributed by atoms with Crippen LogP contribution in [0.5, 0.6) is 0 Å². The van der Waals surface area contributed by atoms with E-state index in [-0.39, 0.29) is 62.4 Å². The molecule has 74 heavy (non-hydrogen) atoms. The van der Waals surface area contributed by atoms with Crippen molar-refractivity contribution in [2.75, 3.05) is 19.7 Å². The molecule has 27 nitrogen and oxygen atoms in total. The Balaban J connectivity index is 6.44. The van der Waals surface area contributed by atoms with E-state index in [4.69, 9.17) is 17.2 Å². The second-order valence-electron chi connectivity index (χ2n) is 20.0. The fraction of sp³-hybridized carbons (Fsp3) is 0.745. The molecule has 0 aromatic rings. The zero-order chi connectivity index (χ0) is 57.2. The van der Waals surface area contributed by atoms with Gasteiger partial charge in [-0.1, -0.05) is 75.7 Å². The van der Waals surface area contributed by atoms with E-state index in [0.29, 0.717) is 6.42 Å². The molecule has 0 aromatic carbocycles. The van der Waals surface area contributed by atoms with Crippen LogP contribution in [0.4, 0.5) is 0 Å². The summed E-state index contributed by atoms with van der Waals surface area (Å²) in [6, 6.07) is -12.1. The number of aliphatic carboxylic acids is 2. The maximum Gasteiger partial charge on any atom is 0.326 e. The van der Waals surface area contributed by atoms with E-state index in [0.717, 1.165) is 0 Å². The molecule has 0 radical (unpaired) electrons. The van der Waals surface area contributed by atoms with E-state index in [1.807, 2.05) is 0 Å². The van der Waals surface area contributed by atoms with E-state index in [9.17, 15) is 68.1 Å². The highest BCUT2D eigenvalue weighted by Crippen LogP contribution is 2.14. The summed E-state index contributed by atoms with van der Waals surface area (Å²) in [6.07, 6.45) is -0.410. The molecule has 0 unspecified atom stereocenters. The predicted molar refractivity (Wildman–Crippen MR) is 272 cm³/mol. The minimum Gasteiger partial charge on any atom is -0.481 e. The van der Waals surface area contributed by atoms with Gasteiger partial charge in [0.25, 0.3) is 0 Å². The lowest BCUT2D eigenvalue weighted by Crippen LogP contribution is -2.61. The topological polar surface area (TPSA) is 447 Å². The number of rotatable bonds is 35. The number of nitrogens with zero attached hydrogens (tertiary/aromatic N) is 1. The van der Waals surface area contributed by atoms with Crippen LogP contribution >= 0.6 is 0 Å². The van der Waals surface area contributed by atoms with Gasteiger partial charge in [0.15, 0.2) is 5.96 Å². The monoisotopic (exact) mass is 1060 g/mol. The molecule has 9 amide bonds. The number of carbonyl (C=O) groups is 11. The molecule has 10 atom stereocenters. The van der Waals surface area contributed by atoms with Crippen LogP contribution in [0.25, 0.3) is 0 Å². The van der Waals surface area contributed by atoms with Crippen molar-refractivity contribution in [3.05, 3.63) is 0 Å². The molecule has 18 N–H and O–H groups in total. The van der Waals surface area contributed by atoms with E-state index < -0.39 is 151 Å². The first kappa shape index (κ1) is 67.4. The van der Waals surface area contributed by atoms with Gasteiger partial charge in [-0.3, -0.25) is 52.9 Å². The number of carbonyl (C=O) groups excluding carboxylic acids is 9. The van der Waals surface area contributed by atoms with Crippen LogP contribution in [0.2, 0.25) is 0 Å². The van der Waals surface area contributed by atoms with Crippen molar-refractivity contribution in [2.45, 2.75) is 175 Å². The summed E-state index contributed by atoms with van der Waals surface area (Å²) in [5.74, 6) is -12.3. The Bertz CT molecular complexity index is 1950. The zero-order valence-electron chi connectivity index (χ0n) is 44.7. The van der Waals surface area contributed by atoms with Crippen LogP contribution in [0.15, 0.2) is 4.99 Å². The molecule has 0 aliphatic heterocycles. The number of carboxylic acid groups (broad SMARTS) is 2. The Morgan fingerprint density at radius 1 is 0.527 bits per heavy atom. The van der Waals surface area contributed by atoms with Crippen molar-refractivity contribution in [2.24, 2.45) is 51.8 Å². The first-order valence-corrected chi connectivity index (χ1v) is 24.9. The Morgan fingerprint density at radius 2 is 0.959 bits per heavy atom. The molecule has 0 aliphatic rings. The second kappa shape index (κ2) is 34.0. The summed E-state index contributed by atoms with van der Waals surface area (Å²) in [6.45, 7) is 17.2. The van der Waals surface area contributed by atoms with Gasteiger partial charge in [0.1, 0.15) is 54.4 Å². The van der Waals surface area contributed by atoms with Gasteiger partial charge in [-0.25, -0.2) is 4.79 Å². The summed E-state index contributed by atoms with van der Waals surface area (Å²) >= 11 is 0. The van der Waals surface area contributed by atoms with Gasteiger partial charge in [0, 0.05) is 6.54 Å². The van der Waals surface area contributed by atoms with Crippen LogP contribution in [0.1, 0.15) is 121 Å². The zero-order valence-corrected chi connectivity index (χ0v) is 44.7. The number of aliphatic imine (C=N–C) groups is 1. The van der Waals surface area contributed by atoms with Gasteiger partial charge in [-0.2, -0.15) is 0 Å². The number of aliphatic hydroxyl groups excluding tert-OH is 1. The molecular formula is C47H85N13O14. The lowest BCUT2D eigenvalue weighted by atomic mass is 9.96. The van der Waals surface area contributed by atoms with Gasteiger partial charge < -0.3 is 80.4 Å². The van der Waals surface area contributed by atoms with Crippen molar-refractivity contribution in [1.29, 1.82) is 0 Å². The maximum atomic E-state index is 14.1. The standard InChI is InChI=1S/C47H85N13O14/c1-12-26(10)37(60-39(66)28(48)21-61)45(72)58-32(18-24(6)7)43(70)56-31(17-23(4)5)42(69)55-29(14-13-15-51-47(49)50)40(67)57-33(19-35(63)64)41(68)53-27(11)38(65)52-20-34(62)54-30(16-22(2)3)44(71)59-36(25(8)9)46(73)74/h22-33,36-37,61H,12-21,48H2,1-11H3,(H,52,65)(H,53,68)(H,54,62)(H,55,69)(H,56,70)(H,57,67)(H,58,72)(H,59,71)(H,60,66)(H,63,64)(H,73,74)(H4,49,50,51)/t26-,27-,28-,29-,30-,31-,32-,33-,36-,37-/m0/s1. The fourth-order valence-electron chi connectivity index (χ4n) is 7.10. The number of hydrogen-bond acceptors (Lipinski definition) is 14. The fourth-order valence-corrected chi connectivity index (χ4v) is 7.10. The third-order valence-electron chi connectivity index (χ3n) is 11.4. The van der Waals surface area contributed by atoms with E-state index >= 15 is 0 Å². The van der Waals surface area contributed by atoms with Gasteiger partial charge >= 0.3 is 11.9 Å². The number of carboxylic acids is 2. The molecular weight excluding hydrogens is 971 g/mol. The molecule has 422 valence electrons. The smallest absolute Gasteiger partial charge is 0.326 e. The van der Waals surface area contributed by atoms with Crippen LogP contribution in [0, 0.1) is 29.6 Å². The first-order valence-electron chi connectivity index (χ1n) is 24.9. The molecule has 0 saturated heterocycles. The highest BCUT2D eigenvalue weighted by atomic mass is 16.4. The quantitative estimate of drug-likeness (QED) is 0.0169. The third kappa shape index (κ3) is 26.4. The third-order valence-corrected chi connectivity index (χ3v) is 11.4. The minimum atomic E-state index is -1.83. The normalized spacial score (nSPS) is 15.3. The summed E-state index contributed by atoms with van der Waals surface area (Å²) in [5.41, 5.74) is 16.6. The lowest BCUT2D eigenvalue weighted by molar-refractivity contribution is -0.143. The summed E-state index contributed by atoms with van der Waals surface area (Å²) < 4.78 is 0. The maximum absolute atomic E-state index is 14.1. The van der Waals surface area contributed by atoms with Crippen molar-refractivity contribution in [1.82, 2.24) is 47.9 Å². The molecule has 0 aliphatic carbocycles. The number of guanidine groups is 1. The molecule has 27 heteroatoms. The van der Waals surface area contributed by atoms with Gasteiger partial charge in [0.05, 0.1) is 19.6 Å². The van der Waals surface area contributed by atoms with Crippen molar-refractivity contribution in [3.8, 4) is 0 Å². The SMILES string of the molecule is CC[C@H](C)[C@H](NC(=O)[C@@H](N)CO)C(=O)N[C@@H](CC(C)C)C(=O)N[C@@H](CC(C)C)C(=O)N[C@@H](CCCN=C(N)N)C(=O)N[C@@H](CC(=O)O)C(=O)N[C@@H](C)C(=O)NCC(=O)N[C@@H](CC(C)C)C(=O)N[C@H](C(=O)O)C(C)C. The van der Waals surface area contributed by atoms with Crippen molar-refractivity contribution in [3.63, 3.8) is 0 Å². The predicted octanol–water partition coefficient (Wildman–Crippen LogP) is -3.23. The van der Waals surface area contributed by atoms with E-state index in [1.165, 1.54) is 6.92 Å². The van der Waals surface area contributed by atoms with Crippen LogP contribution in [-0.2, 0) is 52.7 Å². The van der Waals surface area contributed by atoms with Gasteiger partial charge in [0.2, 0.25) is 53.2 Å². The Kier molecular flexibility index (Phi) is 30.9. The molecule has 0 aromatic heterocycles. The highest BCUT2D eigenvalue weighted by Gasteiger charge is 2.36. The molecule has 0 saturated carbocycles. The molecule has 0 heterocycles. The number of aliphatic hydroxyl groups is 1. The first-order chi connectivity index (χ1) is 34.3. The Morgan fingerprint density at radius 3 is 1.41 bits per heavy atom. The summed E-state index contributed by atoms with van der Waals surface area (Å²) in [7, 11) is 0. The Labute approximate surface area is 433 Å². The van der Waals surface area contributed by atoms with Crippen LogP contribution < -0.4 is 65.1 Å². The number of amides is 9. The van der Waals surface area contributed by atoms with Crippen LogP contribution in [0.3, 0.4) is 0 Å². The second-order valence-corrected chi connectivity index (χ2v) is 20.0. The van der Waals surface area contributed by atoms with Crippen molar-refractivity contribution < 1.29 is 68.1 Å². The minimum absolute atomic E-state index is 0.0205. The van der Waals surface area contributed by atoms with Crippen molar-refractivity contribution >= 4 is 71.1 Å². The van der Waals surface area contributed by atoms with E-state index in [1.54, 1.807) is 69.2 Å². The lowest BCUT2D eigenvalue weighted by Gasteiger charge is -2.29. The Hall–Kier alpha value is -6.64. The van der Waals surface area contributed by atoms with E-state index in [2.05, 4.69) is 52.8 Å². The number of hydrogen-bond donors (Lipinski definition) is 15. The largest absolute Gasteiger partial charge is 0.481 e. The average Bonchev–Trinajstić information content (AvgIpc) is 3.29. The highest BCUT2D eigenvalue weighted by molar-refractivity contribution is 5.98. The van der Waals surface area contributed by atoms with Gasteiger partial charge in [-0.15, -0.1) is 0 Å². The number of nitrogens with two attached hydrogens (primary N) is 3. The van der Waals surface area contributed by atoms with Gasteiger partial charge in [-0.05, 0) is 68.6 Å². The summed E-state index contributed by atoms with van der Waals surface area (Å²) in [5, 5.41) is 50.8. The molecule has 0 spiro atoms. The molecule has 0 rings (SSSR count). The average molecular weight is 1060 g/mol. The summed E-state index contributed by atoms with van der Waals surface area (Å²) in [4.78, 5) is 148.